The van der Waals surface area contributed by atoms with Crippen molar-refractivity contribution < 1.29 is 28.2 Å². The number of nitrogens with zero attached hydrogens (tertiary/aromatic N) is 4. The van der Waals surface area contributed by atoms with E-state index >= 15 is 0 Å². The molecule has 5 rings (SSSR count). The number of rotatable bonds is 7. The molecule has 0 aliphatic heterocycles. The Morgan fingerprint density at radius 1 is 1.37 bits per heavy atom. The molecule has 35 heavy (non-hydrogen) atoms. The third-order valence-corrected chi connectivity index (χ3v) is 5.40. The fraction of sp³-hybridized carbons (Fsp3) is 0.261. The number of aromatic amines is 1. The van der Waals surface area contributed by atoms with Gasteiger partial charge in [-0.1, -0.05) is 6.07 Å². The fourth-order valence-corrected chi connectivity index (χ4v) is 3.71. The lowest BCUT2D eigenvalue weighted by Crippen LogP contribution is -2.33. The number of amides is 1. The number of hydrogen-bond donors (Lipinski definition) is 3. The first-order chi connectivity index (χ1) is 17.0. The van der Waals surface area contributed by atoms with Crippen LogP contribution < -0.4 is 5.32 Å². The zero-order valence-corrected chi connectivity index (χ0v) is 18.7. The SMILES string of the molecule is CCO[C@H]1C[C@H](n2cc(NC(=O)c3ccc(-c4cn[nH]c4)o3)c(-c3cccc(F)n3)n2)C1.O=CO. The van der Waals surface area contributed by atoms with Crippen LogP contribution in [-0.2, 0) is 9.53 Å². The molecule has 0 aromatic carbocycles. The van der Waals surface area contributed by atoms with Crippen LogP contribution in [0.5, 0.6) is 0 Å². The molecule has 182 valence electrons. The Bertz CT molecular complexity index is 1280. The van der Waals surface area contributed by atoms with Crippen molar-refractivity contribution in [2.24, 2.45) is 0 Å². The van der Waals surface area contributed by atoms with Crippen molar-refractivity contribution >= 4 is 18.1 Å². The predicted molar refractivity (Wildman–Crippen MR) is 122 cm³/mol. The van der Waals surface area contributed by atoms with E-state index in [1.807, 2.05) is 6.92 Å². The molecule has 12 heteroatoms. The number of anilines is 1. The lowest BCUT2D eigenvalue weighted by molar-refractivity contribution is -0.122. The Kier molecular flexibility index (Phi) is 7.31. The number of hydrogen-bond acceptors (Lipinski definition) is 7. The van der Waals surface area contributed by atoms with Crippen LogP contribution in [0.4, 0.5) is 10.1 Å². The van der Waals surface area contributed by atoms with Crippen molar-refractivity contribution in [1.29, 1.82) is 0 Å². The average Bonchev–Trinajstić information content (AvgIpc) is 3.57. The Labute approximate surface area is 198 Å². The third-order valence-electron chi connectivity index (χ3n) is 5.40. The number of halogens is 1. The van der Waals surface area contributed by atoms with Gasteiger partial charge in [-0.05, 0) is 44.0 Å². The van der Waals surface area contributed by atoms with E-state index in [0.29, 0.717) is 29.4 Å². The minimum Gasteiger partial charge on any atom is -0.483 e. The molecule has 4 aromatic rings. The van der Waals surface area contributed by atoms with Crippen molar-refractivity contribution in [3.05, 3.63) is 60.6 Å². The van der Waals surface area contributed by atoms with Gasteiger partial charge < -0.3 is 19.6 Å². The first kappa shape index (κ1) is 23.8. The van der Waals surface area contributed by atoms with Gasteiger partial charge in [0.15, 0.2) is 5.76 Å². The van der Waals surface area contributed by atoms with E-state index in [2.05, 4.69) is 25.6 Å². The lowest BCUT2D eigenvalue weighted by Gasteiger charge is -2.34. The predicted octanol–water partition coefficient (Wildman–Crippen LogP) is 3.76. The van der Waals surface area contributed by atoms with Crippen LogP contribution in [0, 0.1) is 5.95 Å². The molecule has 0 unspecified atom stereocenters. The number of carbonyl (C=O) groups is 2. The first-order valence-corrected chi connectivity index (χ1v) is 10.8. The van der Waals surface area contributed by atoms with Crippen molar-refractivity contribution in [2.75, 3.05) is 11.9 Å². The number of ether oxygens (including phenoxy) is 1. The van der Waals surface area contributed by atoms with Crippen LogP contribution in [0.3, 0.4) is 0 Å². The van der Waals surface area contributed by atoms with Crippen LogP contribution in [0.2, 0.25) is 0 Å². The van der Waals surface area contributed by atoms with Gasteiger partial charge in [0.2, 0.25) is 5.95 Å². The summed E-state index contributed by atoms with van der Waals surface area (Å²) in [5, 5.41) is 20.9. The summed E-state index contributed by atoms with van der Waals surface area (Å²) in [7, 11) is 0. The first-order valence-electron chi connectivity index (χ1n) is 10.8. The molecule has 1 aliphatic rings. The monoisotopic (exact) mass is 482 g/mol. The van der Waals surface area contributed by atoms with Crippen molar-refractivity contribution in [3.8, 4) is 22.7 Å². The van der Waals surface area contributed by atoms with E-state index in [4.69, 9.17) is 19.1 Å². The van der Waals surface area contributed by atoms with E-state index in [9.17, 15) is 9.18 Å². The summed E-state index contributed by atoms with van der Waals surface area (Å²) in [4.78, 5) is 25.2. The number of carbonyl (C=O) groups excluding carboxylic acids is 1. The topological polar surface area (TPSA) is 148 Å². The van der Waals surface area contributed by atoms with E-state index in [1.165, 1.54) is 6.07 Å². The number of H-pyrrole nitrogens is 1. The molecule has 4 heterocycles. The maximum atomic E-state index is 13.8. The van der Waals surface area contributed by atoms with Crippen LogP contribution in [-0.4, -0.2) is 55.2 Å². The third kappa shape index (κ3) is 5.44. The second-order valence-electron chi connectivity index (χ2n) is 7.63. The highest BCUT2D eigenvalue weighted by Crippen LogP contribution is 2.37. The second-order valence-corrected chi connectivity index (χ2v) is 7.63. The lowest BCUT2D eigenvalue weighted by atomic mass is 9.89. The number of carboxylic acid groups (broad SMARTS) is 1. The Morgan fingerprint density at radius 3 is 2.86 bits per heavy atom. The van der Waals surface area contributed by atoms with Gasteiger partial charge in [-0.2, -0.15) is 14.6 Å². The molecule has 1 amide bonds. The molecule has 1 saturated carbocycles. The highest BCUT2D eigenvalue weighted by molar-refractivity contribution is 6.04. The highest BCUT2D eigenvalue weighted by Gasteiger charge is 2.32. The normalized spacial score (nSPS) is 16.6. The molecule has 11 nitrogen and oxygen atoms in total. The molecule has 0 saturated heterocycles. The number of furan rings is 1. The summed E-state index contributed by atoms with van der Waals surface area (Å²) in [5.41, 5.74) is 1.88. The Hall–Kier alpha value is -4.32. The Morgan fingerprint density at radius 2 is 2.17 bits per heavy atom. The van der Waals surface area contributed by atoms with Crippen LogP contribution in [0.25, 0.3) is 22.7 Å². The largest absolute Gasteiger partial charge is 0.483 e. The standard InChI is InChI=1S/C22H21FN6O3.CH2O2/c1-2-31-15-8-14(9-15)29-12-17(21(28-29)16-4-3-5-20(23)26-16)27-22(30)19-7-6-18(32-19)13-10-24-25-11-13;2-1-3/h3-7,10-12,14-15H,2,8-9H2,1H3,(H,24,25)(H,27,30);1H,(H,2,3)/t14-,15-;. The minimum absolute atomic E-state index is 0.132. The zero-order chi connectivity index (χ0) is 24.8. The van der Waals surface area contributed by atoms with Crippen molar-refractivity contribution in [3.63, 3.8) is 0 Å². The van der Waals surface area contributed by atoms with E-state index in [1.54, 1.807) is 47.5 Å². The van der Waals surface area contributed by atoms with Gasteiger partial charge in [-0.3, -0.25) is 19.4 Å². The number of nitrogens with one attached hydrogen (secondary N) is 2. The number of aromatic nitrogens is 5. The molecule has 0 spiro atoms. The average molecular weight is 482 g/mol. The minimum atomic E-state index is -0.620. The van der Waals surface area contributed by atoms with E-state index in [0.717, 1.165) is 18.4 Å². The van der Waals surface area contributed by atoms with Gasteiger partial charge in [-0.15, -0.1) is 0 Å². The summed E-state index contributed by atoms with van der Waals surface area (Å²) in [6.45, 7) is 2.38. The van der Waals surface area contributed by atoms with Gasteiger partial charge in [0.25, 0.3) is 12.4 Å². The fourth-order valence-electron chi connectivity index (χ4n) is 3.71. The molecule has 1 aliphatic carbocycles. The zero-order valence-electron chi connectivity index (χ0n) is 18.7. The summed E-state index contributed by atoms with van der Waals surface area (Å²) in [6, 6.07) is 7.89. The molecular formula is C23H23FN6O5. The molecule has 1 fully saturated rings. The summed E-state index contributed by atoms with van der Waals surface area (Å²) in [5.74, 6) is -0.418. The van der Waals surface area contributed by atoms with Crippen LogP contribution in [0.1, 0.15) is 36.4 Å². The van der Waals surface area contributed by atoms with Crippen molar-refractivity contribution in [1.82, 2.24) is 25.0 Å². The molecule has 0 radical (unpaired) electrons. The molecule has 4 aromatic heterocycles. The maximum absolute atomic E-state index is 13.8. The van der Waals surface area contributed by atoms with E-state index in [-0.39, 0.29) is 24.4 Å². The van der Waals surface area contributed by atoms with Gasteiger partial charge in [0, 0.05) is 19.0 Å². The maximum Gasteiger partial charge on any atom is 0.291 e. The van der Waals surface area contributed by atoms with Gasteiger partial charge in [-0.25, -0.2) is 4.98 Å². The summed E-state index contributed by atoms with van der Waals surface area (Å²) < 4.78 is 26.8. The number of pyridine rings is 1. The van der Waals surface area contributed by atoms with E-state index < -0.39 is 11.9 Å². The van der Waals surface area contributed by atoms with Gasteiger partial charge in [0.05, 0.1) is 35.3 Å². The van der Waals surface area contributed by atoms with Gasteiger partial charge >= 0.3 is 0 Å². The Balaban J connectivity index is 0.000000917. The van der Waals surface area contributed by atoms with Crippen molar-refractivity contribution in [2.45, 2.75) is 31.9 Å². The molecule has 0 bridgehead atoms. The summed E-state index contributed by atoms with van der Waals surface area (Å²) >= 11 is 0. The smallest absolute Gasteiger partial charge is 0.291 e. The quantitative estimate of drug-likeness (QED) is 0.266. The second kappa shape index (κ2) is 10.7. The molecule has 0 atom stereocenters. The van der Waals surface area contributed by atoms with Crippen LogP contribution >= 0.6 is 0 Å². The molecule has 3 N–H and O–H groups in total. The van der Waals surface area contributed by atoms with Crippen LogP contribution in [0.15, 0.2) is 53.3 Å². The molecular weight excluding hydrogens is 459 g/mol. The summed E-state index contributed by atoms with van der Waals surface area (Å²) in [6.07, 6.45) is 6.87. The highest BCUT2D eigenvalue weighted by atomic mass is 19.1. The van der Waals surface area contributed by atoms with Gasteiger partial charge in [0.1, 0.15) is 11.5 Å².